The van der Waals surface area contributed by atoms with Crippen LogP contribution in [0.1, 0.15) is 98.6 Å². The second-order valence-corrected chi connectivity index (χ2v) is 10.7. The van der Waals surface area contributed by atoms with Crippen LogP contribution in [0, 0.1) is 5.92 Å². The summed E-state index contributed by atoms with van der Waals surface area (Å²) in [5.41, 5.74) is -0.101. The highest BCUT2D eigenvalue weighted by Gasteiger charge is 2.36. The summed E-state index contributed by atoms with van der Waals surface area (Å²) < 4.78 is 5.41. The standard InChI is InChI=1S/C28H47N3O5/c1-8-10-12-17-29-25(33)24(21-13-15-22(32)16-14-21)31(18-11-9-2)26(34)23(19-20(3)4)30-27(35)36-28(5,6)7/h13-16,20,23-24,32H,8-12,17-19H2,1-7H3,(H,29,33)(H,30,35). The van der Waals surface area contributed by atoms with Crippen molar-refractivity contribution in [2.24, 2.45) is 5.92 Å². The van der Waals surface area contributed by atoms with Gasteiger partial charge in [-0.15, -0.1) is 0 Å². The molecule has 1 rings (SSSR count). The third-order valence-corrected chi connectivity index (χ3v) is 5.58. The van der Waals surface area contributed by atoms with E-state index in [2.05, 4.69) is 17.6 Å². The highest BCUT2D eigenvalue weighted by molar-refractivity contribution is 5.92. The van der Waals surface area contributed by atoms with Gasteiger partial charge in [-0.2, -0.15) is 0 Å². The first-order chi connectivity index (χ1) is 16.9. The van der Waals surface area contributed by atoms with Gasteiger partial charge in [0.2, 0.25) is 11.8 Å². The Morgan fingerprint density at radius 2 is 1.61 bits per heavy atom. The van der Waals surface area contributed by atoms with E-state index >= 15 is 0 Å². The lowest BCUT2D eigenvalue weighted by atomic mass is 9.98. The number of benzene rings is 1. The second-order valence-electron chi connectivity index (χ2n) is 10.7. The molecule has 0 aliphatic carbocycles. The molecular weight excluding hydrogens is 458 g/mol. The van der Waals surface area contributed by atoms with Gasteiger partial charge in [0.25, 0.3) is 0 Å². The predicted octanol–water partition coefficient (Wildman–Crippen LogP) is 5.31. The van der Waals surface area contributed by atoms with Gasteiger partial charge >= 0.3 is 6.09 Å². The zero-order valence-electron chi connectivity index (χ0n) is 23.2. The lowest BCUT2D eigenvalue weighted by molar-refractivity contribution is -0.142. The Bertz CT molecular complexity index is 817. The number of carbonyl (C=O) groups is 3. The van der Waals surface area contributed by atoms with Crippen molar-refractivity contribution in [3.05, 3.63) is 29.8 Å². The van der Waals surface area contributed by atoms with Crippen molar-refractivity contribution in [3.8, 4) is 5.75 Å². The van der Waals surface area contributed by atoms with Crippen LogP contribution in [-0.4, -0.2) is 52.6 Å². The maximum Gasteiger partial charge on any atom is 0.408 e. The van der Waals surface area contributed by atoms with Crippen molar-refractivity contribution < 1.29 is 24.2 Å². The van der Waals surface area contributed by atoms with E-state index in [1.165, 1.54) is 12.1 Å². The largest absolute Gasteiger partial charge is 0.508 e. The molecule has 0 spiro atoms. The number of unbranched alkanes of at least 4 members (excludes halogenated alkanes) is 3. The third-order valence-electron chi connectivity index (χ3n) is 5.58. The van der Waals surface area contributed by atoms with E-state index in [-0.39, 0.29) is 23.5 Å². The first-order valence-corrected chi connectivity index (χ1v) is 13.3. The summed E-state index contributed by atoms with van der Waals surface area (Å²) in [5.74, 6) is -0.403. The van der Waals surface area contributed by atoms with Gasteiger partial charge in [-0.25, -0.2) is 4.79 Å². The Kier molecular flexibility index (Phi) is 13.3. The lowest BCUT2D eigenvalue weighted by Gasteiger charge is -2.35. The molecule has 0 fully saturated rings. The van der Waals surface area contributed by atoms with Crippen molar-refractivity contribution in [2.75, 3.05) is 13.1 Å². The molecular formula is C28H47N3O5. The van der Waals surface area contributed by atoms with Crippen LogP contribution in [0.5, 0.6) is 5.75 Å². The Hall–Kier alpha value is -2.77. The third kappa shape index (κ3) is 11.3. The van der Waals surface area contributed by atoms with Crippen LogP contribution >= 0.6 is 0 Å². The summed E-state index contributed by atoms with van der Waals surface area (Å²) in [7, 11) is 0. The van der Waals surface area contributed by atoms with Crippen LogP contribution in [0.4, 0.5) is 4.79 Å². The fourth-order valence-electron chi connectivity index (χ4n) is 3.85. The SMILES string of the molecule is CCCCCNC(=O)C(c1ccc(O)cc1)N(CCCC)C(=O)C(CC(C)C)NC(=O)OC(C)(C)C. The van der Waals surface area contributed by atoms with E-state index in [9.17, 15) is 19.5 Å². The second kappa shape index (κ2) is 15.4. The molecule has 3 amide bonds. The number of alkyl carbamates (subject to hydrolysis) is 1. The zero-order chi connectivity index (χ0) is 27.3. The topological polar surface area (TPSA) is 108 Å². The van der Waals surface area contributed by atoms with Crippen LogP contribution in [0.3, 0.4) is 0 Å². The predicted molar refractivity (Wildman–Crippen MR) is 143 cm³/mol. The van der Waals surface area contributed by atoms with Crippen LogP contribution in [0.15, 0.2) is 24.3 Å². The first kappa shape index (κ1) is 31.3. The number of carbonyl (C=O) groups excluding carboxylic acids is 3. The van der Waals surface area contributed by atoms with Gasteiger partial charge in [0.15, 0.2) is 0 Å². The van der Waals surface area contributed by atoms with Crippen molar-refractivity contribution in [1.82, 2.24) is 15.5 Å². The molecule has 0 saturated heterocycles. The molecule has 1 aromatic carbocycles. The minimum Gasteiger partial charge on any atom is -0.508 e. The highest BCUT2D eigenvalue weighted by Crippen LogP contribution is 2.26. The Labute approximate surface area is 217 Å². The normalized spacial score (nSPS) is 13.1. The number of phenolic OH excluding ortho intramolecular Hbond substituents is 1. The molecule has 36 heavy (non-hydrogen) atoms. The van der Waals surface area contributed by atoms with Crippen LogP contribution in [-0.2, 0) is 14.3 Å². The maximum absolute atomic E-state index is 14.0. The maximum atomic E-state index is 14.0. The molecule has 3 N–H and O–H groups in total. The molecule has 0 aromatic heterocycles. The molecule has 0 saturated carbocycles. The summed E-state index contributed by atoms with van der Waals surface area (Å²) in [4.78, 5) is 41.6. The number of nitrogens with zero attached hydrogens (tertiary/aromatic N) is 1. The van der Waals surface area contributed by atoms with Gasteiger partial charge in [0.05, 0.1) is 0 Å². The summed E-state index contributed by atoms with van der Waals surface area (Å²) in [5, 5.41) is 15.5. The van der Waals surface area contributed by atoms with Gasteiger partial charge in [0, 0.05) is 13.1 Å². The molecule has 0 bridgehead atoms. The average molecular weight is 506 g/mol. The number of hydrogen-bond donors (Lipinski definition) is 3. The minimum absolute atomic E-state index is 0.0802. The monoisotopic (exact) mass is 505 g/mol. The summed E-state index contributed by atoms with van der Waals surface area (Å²) >= 11 is 0. The molecule has 2 unspecified atom stereocenters. The number of ether oxygens (including phenoxy) is 1. The first-order valence-electron chi connectivity index (χ1n) is 13.3. The van der Waals surface area contributed by atoms with Gasteiger partial charge in [-0.05, 0) is 63.6 Å². The molecule has 0 heterocycles. The van der Waals surface area contributed by atoms with E-state index in [1.807, 2.05) is 20.8 Å². The van der Waals surface area contributed by atoms with Gasteiger partial charge in [-0.1, -0.05) is 59.1 Å². The number of aromatic hydroxyl groups is 1. The van der Waals surface area contributed by atoms with Gasteiger partial charge < -0.3 is 25.4 Å². The van der Waals surface area contributed by atoms with Gasteiger partial charge in [-0.3, -0.25) is 9.59 Å². The van der Waals surface area contributed by atoms with E-state index in [0.717, 1.165) is 25.7 Å². The Morgan fingerprint density at radius 3 is 2.14 bits per heavy atom. The Balaban J connectivity index is 3.37. The summed E-state index contributed by atoms with van der Waals surface area (Å²) in [6, 6.07) is 4.62. The van der Waals surface area contributed by atoms with Crippen LogP contribution in [0.25, 0.3) is 0 Å². The quantitative estimate of drug-likeness (QED) is 0.297. The number of hydrogen-bond acceptors (Lipinski definition) is 5. The smallest absolute Gasteiger partial charge is 0.408 e. The van der Waals surface area contributed by atoms with Crippen LogP contribution in [0.2, 0.25) is 0 Å². The molecule has 0 radical (unpaired) electrons. The molecule has 0 aliphatic heterocycles. The molecule has 1 aromatic rings. The molecule has 0 aliphatic rings. The van der Waals surface area contributed by atoms with E-state index in [0.29, 0.717) is 31.5 Å². The fourth-order valence-corrected chi connectivity index (χ4v) is 3.85. The number of phenols is 1. The molecule has 2 atom stereocenters. The number of rotatable bonds is 14. The highest BCUT2D eigenvalue weighted by atomic mass is 16.6. The van der Waals surface area contributed by atoms with Crippen molar-refractivity contribution in [1.29, 1.82) is 0 Å². The zero-order valence-corrected chi connectivity index (χ0v) is 23.2. The Morgan fingerprint density at radius 1 is 1.00 bits per heavy atom. The van der Waals surface area contributed by atoms with Crippen molar-refractivity contribution in [3.63, 3.8) is 0 Å². The van der Waals surface area contributed by atoms with E-state index in [1.54, 1.807) is 37.8 Å². The number of nitrogens with one attached hydrogen (secondary N) is 2. The van der Waals surface area contributed by atoms with Crippen molar-refractivity contribution >= 4 is 17.9 Å². The average Bonchev–Trinajstić information content (AvgIpc) is 2.78. The van der Waals surface area contributed by atoms with Gasteiger partial charge in [0.1, 0.15) is 23.4 Å². The molecule has 204 valence electrons. The minimum atomic E-state index is -0.888. The fraction of sp³-hybridized carbons (Fsp3) is 0.679. The summed E-state index contributed by atoms with van der Waals surface area (Å²) in [6.45, 7) is 14.2. The summed E-state index contributed by atoms with van der Waals surface area (Å²) in [6.07, 6.45) is 4.15. The molecule has 8 heteroatoms. The van der Waals surface area contributed by atoms with E-state index in [4.69, 9.17) is 4.74 Å². The van der Waals surface area contributed by atoms with Crippen LogP contribution < -0.4 is 10.6 Å². The lowest BCUT2D eigenvalue weighted by Crippen LogP contribution is -2.53. The molecule has 8 nitrogen and oxygen atoms in total. The van der Waals surface area contributed by atoms with Crippen molar-refractivity contribution in [2.45, 2.75) is 105 Å². The number of amides is 3. The van der Waals surface area contributed by atoms with E-state index < -0.39 is 23.8 Å².